The molecule has 0 aliphatic heterocycles. The average molecular weight is 175 g/mol. The van der Waals surface area contributed by atoms with Gasteiger partial charge in [-0.05, 0) is 7.05 Å². The van der Waals surface area contributed by atoms with Crippen molar-refractivity contribution in [2.45, 2.75) is 0 Å². The van der Waals surface area contributed by atoms with E-state index >= 15 is 0 Å². The van der Waals surface area contributed by atoms with Gasteiger partial charge in [-0.2, -0.15) is 0 Å². The van der Waals surface area contributed by atoms with Crippen molar-refractivity contribution in [3.8, 4) is 0 Å². The number of hydrazine groups is 1. The van der Waals surface area contributed by atoms with Gasteiger partial charge in [-0.15, -0.1) is 0 Å². The largest absolute Gasteiger partial charge is 3.00 e. The van der Waals surface area contributed by atoms with Gasteiger partial charge < -0.3 is 10.4 Å². The van der Waals surface area contributed by atoms with Crippen LogP contribution in [0.4, 0.5) is 0 Å². The van der Waals surface area contributed by atoms with Crippen LogP contribution >= 0.6 is 0 Å². The van der Waals surface area contributed by atoms with Gasteiger partial charge in [-0.3, -0.25) is 11.8 Å². The summed E-state index contributed by atoms with van der Waals surface area (Å²) in [5, 5.41) is 7.84. The molecular formula is C3H8N3Y+2. The van der Waals surface area contributed by atoms with Crippen molar-refractivity contribution in [2.24, 2.45) is 0 Å². The van der Waals surface area contributed by atoms with Crippen LogP contribution in [-0.4, -0.2) is 25.4 Å². The van der Waals surface area contributed by atoms with Crippen molar-refractivity contribution in [3.05, 3.63) is 0 Å². The van der Waals surface area contributed by atoms with Crippen LogP contribution in [-0.2, 0) is 32.7 Å². The molecule has 2 N–H and O–H groups in total. The number of rotatable bonds is 2. The Bertz CT molecular complexity index is 47.4. The molecule has 7 heavy (non-hydrogen) atoms. The summed E-state index contributed by atoms with van der Waals surface area (Å²) in [4.78, 5) is 0. The summed E-state index contributed by atoms with van der Waals surface area (Å²) in [5.74, 6) is 0. The summed E-state index contributed by atoms with van der Waals surface area (Å²) in [6.07, 6.45) is 2.09. The molecule has 0 radical (unpaired) electrons. The van der Waals surface area contributed by atoms with Gasteiger partial charge in [-0.25, -0.2) is 0 Å². The fraction of sp³-hybridized carbons (Fsp3) is 0.667. The summed E-state index contributed by atoms with van der Waals surface area (Å²) in [7, 11) is 3.43. The number of hydrogen-bond acceptors (Lipinski definition) is 2. The second-order valence-electron chi connectivity index (χ2n) is 0.894. The smallest absolute Gasteiger partial charge is 0.497 e. The molecule has 4 heteroatoms. The van der Waals surface area contributed by atoms with E-state index in [4.69, 9.17) is 5.41 Å². The normalized spacial score (nSPS) is 6.57. The molecule has 0 unspecified atom stereocenters. The Labute approximate surface area is 68.8 Å². The molecule has 0 bridgehead atoms. The van der Waals surface area contributed by atoms with Crippen molar-refractivity contribution in [1.82, 2.24) is 10.4 Å². The number of nitrogens with zero attached hydrogens (tertiary/aromatic N) is 1. The maximum atomic E-state index is 6.42. The first kappa shape index (κ1) is 10.5. The summed E-state index contributed by atoms with van der Waals surface area (Å²) >= 11 is 0. The van der Waals surface area contributed by atoms with Crippen LogP contribution in [0.5, 0.6) is 0 Å². The van der Waals surface area contributed by atoms with E-state index in [1.54, 1.807) is 14.1 Å². The Kier molecular flexibility index (Phi) is 9.80. The van der Waals surface area contributed by atoms with Crippen LogP contribution in [0.2, 0.25) is 0 Å². The molecule has 0 aromatic carbocycles. The maximum absolute atomic E-state index is 6.42. The molecule has 0 amide bonds. The molecule has 0 fully saturated rings. The Morgan fingerprint density at radius 1 is 1.71 bits per heavy atom. The molecule has 0 atom stereocenters. The molecule has 0 saturated carbocycles. The molecule has 0 aliphatic carbocycles. The average Bonchev–Trinajstić information content (AvgIpc) is 1.65. The van der Waals surface area contributed by atoms with Crippen molar-refractivity contribution in [2.75, 3.05) is 14.1 Å². The molecular weight excluding hydrogens is 167 g/mol. The molecule has 0 aromatic heterocycles. The molecule has 36 valence electrons. The first-order chi connectivity index (χ1) is 2.81. The van der Waals surface area contributed by atoms with Crippen LogP contribution in [0.15, 0.2) is 0 Å². The predicted molar refractivity (Wildman–Crippen MR) is 24.5 cm³/mol. The van der Waals surface area contributed by atoms with Gasteiger partial charge >= 0.3 is 32.7 Å². The van der Waals surface area contributed by atoms with Crippen molar-refractivity contribution < 1.29 is 32.7 Å². The summed E-state index contributed by atoms with van der Waals surface area (Å²) in [5.41, 5.74) is 2.65. The Balaban J connectivity index is 0. The minimum absolute atomic E-state index is 0. The Morgan fingerprint density at radius 2 is 2.14 bits per heavy atom. The summed E-state index contributed by atoms with van der Waals surface area (Å²) in [6.45, 7) is 0. The van der Waals surface area contributed by atoms with Gasteiger partial charge in [0.15, 0.2) is 0 Å². The second kappa shape index (κ2) is 6.53. The zero-order chi connectivity index (χ0) is 4.99. The zero-order valence-corrected chi connectivity index (χ0v) is 7.36. The molecule has 0 aromatic rings. The second-order valence-corrected chi connectivity index (χ2v) is 0.894. The van der Waals surface area contributed by atoms with Crippen LogP contribution in [0.25, 0.3) is 0 Å². The third-order valence-electron chi connectivity index (χ3n) is 0.503. The van der Waals surface area contributed by atoms with Gasteiger partial charge in [0.2, 0.25) is 0 Å². The third kappa shape index (κ3) is 6.53. The van der Waals surface area contributed by atoms with Gasteiger partial charge in [0.25, 0.3) is 0 Å². The van der Waals surface area contributed by atoms with Gasteiger partial charge in [-0.1, -0.05) is 0 Å². The van der Waals surface area contributed by atoms with Crippen LogP contribution in [0.1, 0.15) is 0 Å². The first-order valence-electron chi connectivity index (χ1n) is 1.64. The number of hydrogen-bond donors (Lipinski definition) is 2. The van der Waals surface area contributed by atoms with Gasteiger partial charge in [0, 0.05) is 7.05 Å². The summed E-state index contributed by atoms with van der Waals surface area (Å²) in [6, 6.07) is 0. The zero-order valence-electron chi connectivity index (χ0n) is 4.52. The minimum atomic E-state index is 0. The van der Waals surface area contributed by atoms with E-state index in [1.807, 2.05) is 0 Å². The van der Waals surface area contributed by atoms with Crippen molar-refractivity contribution in [3.63, 3.8) is 0 Å². The van der Waals surface area contributed by atoms with Crippen LogP contribution < -0.4 is 5.43 Å². The summed E-state index contributed by atoms with van der Waals surface area (Å²) < 4.78 is 0. The monoisotopic (exact) mass is 175 g/mol. The van der Waals surface area contributed by atoms with Gasteiger partial charge in [0.05, 0.1) is 0 Å². The molecule has 3 nitrogen and oxygen atoms in total. The molecule has 0 rings (SSSR count). The van der Waals surface area contributed by atoms with Crippen LogP contribution in [0.3, 0.4) is 0 Å². The molecule has 0 aliphatic rings. The maximum Gasteiger partial charge on any atom is 3.00 e. The van der Waals surface area contributed by atoms with E-state index in [-0.39, 0.29) is 32.7 Å². The Morgan fingerprint density at radius 3 is 2.14 bits per heavy atom. The van der Waals surface area contributed by atoms with Crippen molar-refractivity contribution >= 4 is 6.34 Å². The SMILES string of the molecule is CNN(C)[C-]=N.[Y+3]. The molecule has 0 heterocycles. The van der Waals surface area contributed by atoms with E-state index in [2.05, 4.69) is 11.8 Å². The fourth-order valence-electron chi connectivity index (χ4n) is 0.0559. The minimum Gasteiger partial charge on any atom is -0.497 e. The molecule has 0 saturated heterocycles. The Hall–Kier alpha value is 0.534. The van der Waals surface area contributed by atoms with E-state index in [9.17, 15) is 0 Å². The molecule has 0 spiro atoms. The van der Waals surface area contributed by atoms with Crippen molar-refractivity contribution in [1.29, 1.82) is 5.41 Å². The first-order valence-corrected chi connectivity index (χ1v) is 1.64. The third-order valence-corrected chi connectivity index (χ3v) is 0.503. The number of nitrogens with one attached hydrogen (secondary N) is 2. The quantitative estimate of drug-likeness (QED) is 0.196. The topological polar surface area (TPSA) is 39.1 Å². The van der Waals surface area contributed by atoms with E-state index < -0.39 is 0 Å². The fourth-order valence-corrected chi connectivity index (χ4v) is 0.0559. The standard InChI is InChI=1S/C3H8N3.Y/c1-5-6(2)3-4;/h4-5H,1-2H3;/q-1;+3. The predicted octanol–water partition coefficient (Wildman–Crippen LogP) is -0.466. The van der Waals surface area contributed by atoms with Gasteiger partial charge in [0.1, 0.15) is 0 Å². The van der Waals surface area contributed by atoms with E-state index in [0.717, 1.165) is 0 Å². The van der Waals surface area contributed by atoms with E-state index in [0.29, 0.717) is 0 Å². The van der Waals surface area contributed by atoms with E-state index in [1.165, 1.54) is 5.01 Å². The van der Waals surface area contributed by atoms with Crippen LogP contribution in [0, 0.1) is 5.41 Å².